The van der Waals surface area contributed by atoms with Gasteiger partial charge in [-0.2, -0.15) is 0 Å². The molecule has 0 fully saturated rings. The SMILES string of the molecule is CCOC(=O)C1=C(N)N(c2ccccc2)C(SCc2ccccc2)=C(C(=O)c2ccc(Cl)cc2)C1c1ccccc1Cl. The van der Waals surface area contributed by atoms with Gasteiger partial charge in [-0.25, -0.2) is 4.79 Å². The van der Waals surface area contributed by atoms with Crippen molar-refractivity contribution < 1.29 is 14.3 Å². The lowest BCUT2D eigenvalue weighted by Gasteiger charge is -2.38. The topological polar surface area (TPSA) is 72.6 Å². The molecule has 4 aromatic rings. The van der Waals surface area contributed by atoms with Crippen molar-refractivity contribution in [1.29, 1.82) is 0 Å². The van der Waals surface area contributed by atoms with E-state index in [1.165, 1.54) is 11.8 Å². The van der Waals surface area contributed by atoms with Crippen molar-refractivity contribution in [3.8, 4) is 0 Å². The van der Waals surface area contributed by atoms with E-state index >= 15 is 0 Å². The molecule has 42 heavy (non-hydrogen) atoms. The minimum atomic E-state index is -0.890. The maximum Gasteiger partial charge on any atom is 0.338 e. The number of halogens is 2. The monoisotopic (exact) mass is 614 g/mol. The zero-order chi connectivity index (χ0) is 29.6. The van der Waals surface area contributed by atoms with Crippen LogP contribution in [-0.4, -0.2) is 18.4 Å². The predicted molar refractivity (Wildman–Crippen MR) is 172 cm³/mol. The molecule has 0 amide bonds. The molecule has 1 heterocycles. The molecule has 1 aliphatic rings. The van der Waals surface area contributed by atoms with E-state index in [0.29, 0.717) is 43.2 Å². The van der Waals surface area contributed by atoms with E-state index in [4.69, 9.17) is 33.7 Å². The highest BCUT2D eigenvalue weighted by molar-refractivity contribution is 8.02. The van der Waals surface area contributed by atoms with Crippen LogP contribution in [0.4, 0.5) is 5.69 Å². The Morgan fingerprint density at radius 2 is 1.45 bits per heavy atom. The molecular weight excluding hydrogens is 587 g/mol. The van der Waals surface area contributed by atoms with Crippen molar-refractivity contribution in [1.82, 2.24) is 0 Å². The molecule has 1 atom stereocenters. The van der Waals surface area contributed by atoms with E-state index in [2.05, 4.69) is 0 Å². The highest BCUT2D eigenvalue weighted by atomic mass is 35.5. The molecule has 8 heteroatoms. The number of hydrogen-bond acceptors (Lipinski definition) is 6. The molecule has 1 aliphatic heterocycles. The maximum atomic E-state index is 14.6. The quantitative estimate of drug-likeness (QED) is 0.151. The van der Waals surface area contributed by atoms with Crippen molar-refractivity contribution in [2.24, 2.45) is 5.73 Å². The van der Waals surface area contributed by atoms with Crippen LogP contribution in [0.1, 0.15) is 34.3 Å². The van der Waals surface area contributed by atoms with Gasteiger partial charge in [0.15, 0.2) is 5.78 Å². The van der Waals surface area contributed by atoms with Crippen LogP contribution in [0.15, 0.2) is 131 Å². The number of thioether (sulfide) groups is 1. The summed E-state index contributed by atoms with van der Waals surface area (Å²) in [6.07, 6.45) is 0. The molecule has 0 saturated carbocycles. The van der Waals surface area contributed by atoms with E-state index < -0.39 is 11.9 Å². The highest BCUT2D eigenvalue weighted by Gasteiger charge is 2.43. The number of benzene rings is 4. The van der Waals surface area contributed by atoms with Crippen molar-refractivity contribution in [2.45, 2.75) is 18.6 Å². The largest absolute Gasteiger partial charge is 0.463 e. The molecule has 0 saturated heterocycles. The van der Waals surface area contributed by atoms with E-state index in [1.807, 2.05) is 72.8 Å². The Hall–Kier alpha value is -3.97. The molecule has 1 unspecified atom stereocenters. The van der Waals surface area contributed by atoms with Gasteiger partial charge < -0.3 is 10.5 Å². The number of carbonyl (C=O) groups excluding carboxylic acids is 2. The summed E-state index contributed by atoms with van der Waals surface area (Å²) >= 11 is 14.4. The predicted octanol–water partition coefficient (Wildman–Crippen LogP) is 8.36. The van der Waals surface area contributed by atoms with Crippen LogP contribution in [0, 0.1) is 0 Å². The van der Waals surface area contributed by atoms with Gasteiger partial charge in [-0.15, -0.1) is 11.8 Å². The minimum absolute atomic E-state index is 0.135. The van der Waals surface area contributed by atoms with Gasteiger partial charge in [0.2, 0.25) is 0 Å². The van der Waals surface area contributed by atoms with Gasteiger partial charge in [0.25, 0.3) is 0 Å². The third kappa shape index (κ3) is 6.12. The van der Waals surface area contributed by atoms with Gasteiger partial charge in [-0.05, 0) is 60.5 Å². The molecule has 2 N–H and O–H groups in total. The van der Waals surface area contributed by atoms with Gasteiger partial charge in [-0.3, -0.25) is 9.69 Å². The number of esters is 1. The molecule has 5 rings (SSSR count). The molecule has 4 aromatic carbocycles. The number of nitrogens with zero attached hydrogens (tertiary/aromatic N) is 1. The number of anilines is 1. The molecule has 0 aliphatic carbocycles. The van der Waals surface area contributed by atoms with E-state index in [1.54, 1.807) is 48.2 Å². The molecule has 212 valence electrons. The van der Waals surface area contributed by atoms with E-state index in [-0.39, 0.29) is 23.8 Å². The van der Waals surface area contributed by atoms with Crippen LogP contribution in [0.25, 0.3) is 0 Å². The highest BCUT2D eigenvalue weighted by Crippen LogP contribution is 2.49. The van der Waals surface area contributed by atoms with Crippen LogP contribution in [0.3, 0.4) is 0 Å². The van der Waals surface area contributed by atoms with Gasteiger partial charge in [-0.1, -0.05) is 89.9 Å². The number of carbonyl (C=O) groups is 2. The Morgan fingerprint density at radius 3 is 2.10 bits per heavy atom. The lowest BCUT2D eigenvalue weighted by molar-refractivity contribution is -0.138. The number of allylic oxidation sites excluding steroid dienone is 1. The van der Waals surface area contributed by atoms with Crippen molar-refractivity contribution in [3.05, 3.63) is 158 Å². The lowest BCUT2D eigenvalue weighted by atomic mass is 9.79. The Bertz CT molecular complexity index is 1660. The van der Waals surface area contributed by atoms with Crippen molar-refractivity contribution in [3.63, 3.8) is 0 Å². The minimum Gasteiger partial charge on any atom is -0.463 e. The first-order valence-corrected chi connectivity index (χ1v) is 15.1. The summed E-state index contributed by atoms with van der Waals surface area (Å²) in [7, 11) is 0. The number of Topliss-reactive ketones (excluding diaryl/α,β-unsaturated/α-hetero) is 1. The second-order valence-electron chi connectivity index (χ2n) is 9.47. The first-order valence-electron chi connectivity index (χ1n) is 13.4. The Balaban J connectivity index is 1.83. The number of ether oxygens (including phenoxy) is 1. The number of ketones is 1. The number of rotatable bonds is 9. The second kappa shape index (κ2) is 13.3. The van der Waals surface area contributed by atoms with Gasteiger partial charge in [0, 0.05) is 32.6 Å². The molecular formula is C34H28Cl2N2O3S. The Morgan fingerprint density at radius 1 is 0.833 bits per heavy atom. The van der Waals surface area contributed by atoms with Crippen molar-refractivity contribution in [2.75, 3.05) is 11.5 Å². The zero-order valence-electron chi connectivity index (χ0n) is 22.8. The lowest BCUT2D eigenvalue weighted by Crippen LogP contribution is -2.39. The fourth-order valence-corrected chi connectivity index (χ4v) is 6.47. The summed E-state index contributed by atoms with van der Waals surface area (Å²) in [4.78, 5) is 30.1. The van der Waals surface area contributed by atoms with Crippen LogP contribution in [0.5, 0.6) is 0 Å². The normalized spacial score (nSPS) is 15.1. The average molecular weight is 616 g/mol. The van der Waals surface area contributed by atoms with Crippen LogP contribution in [0.2, 0.25) is 10.0 Å². The fourth-order valence-electron chi connectivity index (χ4n) is 4.90. The third-order valence-corrected chi connectivity index (χ3v) is 8.57. The Labute approximate surface area is 259 Å². The van der Waals surface area contributed by atoms with Crippen molar-refractivity contribution >= 4 is 52.4 Å². The Kier molecular flexibility index (Phi) is 9.38. The molecule has 0 spiro atoms. The third-order valence-electron chi connectivity index (χ3n) is 6.82. The summed E-state index contributed by atoms with van der Waals surface area (Å²) in [6, 6.07) is 33.3. The fraction of sp³-hybridized carbons (Fsp3) is 0.118. The smallest absolute Gasteiger partial charge is 0.338 e. The molecule has 5 nitrogen and oxygen atoms in total. The second-order valence-corrected chi connectivity index (χ2v) is 11.3. The summed E-state index contributed by atoms with van der Waals surface area (Å²) in [6.45, 7) is 1.86. The van der Waals surface area contributed by atoms with Crippen LogP contribution in [-0.2, 0) is 15.3 Å². The first kappa shape index (κ1) is 29.5. The average Bonchev–Trinajstić information content (AvgIpc) is 3.01. The van der Waals surface area contributed by atoms with E-state index in [9.17, 15) is 9.59 Å². The number of para-hydroxylation sites is 1. The number of nitrogens with two attached hydrogens (primary N) is 1. The first-order chi connectivity index (χ1) is 20.4. The van der Waals surface area contributed by atoms with Gasteiger partial charge in [0.1, 0.15) is 5.82 Å². The van der Waals surface area contributed by atoms with E-state index in [0.717, 1.165) is 5.56 Å². The van der Waals surface area contributed by atoms with Crippen LogP contribution >= 0.6 is 35.0 Å². The van der Waals surface area contributed by atoms with Crippen LogP contribution < -0.4 is 10.6 Å². The molecule has 0 aromatic heterocycles. The molecule has 0 radical (unpaired) electrons. The standard InChI is InChI=1S/C34H28Cl2N2O3S/c1-2-41-34(40)30-28(26-15-9-10-16-27(26)36)29(31(39)23-17-19-24(35)20-18-23)33(42-21-22-11-5-3-6-12-22)38(32(30)37)25-13-7-4-8-14-25/h3-20,28H,2,21,37H2,1H3. The van der Waals surface area contributed by atoms with Gasteiger partial charge in [0.05, 0.1) is 23.1 Å². The number of hydrogen-bond donors (Lipinski definition) is 1. The maximum absolute atomic E-state index is 14.6. The summed E-state index contributed by atoms with van der Waals surface area (Å²) < 4.78 is 5.54. The summed E-state index contributed by atoms with van der Waals surface area (Å²) in [5.74, 6) is -1.06. The zero-order valence-corrected chi connectivity index (χ0v) is 25.1. The summed E-state index contributed by atoms with van der Waals surface area (Å²) in [5.41, 5.74) is 10.2. The van der Waals surface area contributed by atoms with Gasteiger partial charge >= 0.3 is 5.97 Å². The summed E-state index contributed by atoms with van der Waals surface area (Å²) in [5, 5.41) is 1.51. The molecule has 0 bridgehead atoms.